The molecule has 1 aliphatic carbocycles. The summed E-state index contributed by atoms with van der Waals surface area (Å²) in [7, 11) is 0. The van der Waals surface area contributed by atoms with E-state index in [1.54, 1.807) is 11.3 Å². The predicted molar refractivity (Wildman–Crippen MR) is 93.3 cm³/mol. The van der Waals surface area contributed by atoms with Crippen LogP contribution in [0.4, 0.5) is 0 Å². The van der Waals surface area contributed by atoms with E-state index in [4.69, 9.17) is 0 Å². The Labute approximate surface area is 144 Å². The number of aryl methyl sites for hydroxylation is 2. The highest BCUT2D eigenvalue weighted by Crippen LogP contribution is 2.39. The molecular weight excluding hydrogens is 328 g/mol. The van der Waals surface area contributed by atoms with Gasteiger partial charge in [-0.1, -0.05) is 0 Å². The van der Waals surface area contributed by atoms with Gasteiger partial charge in [-0.05, 0) is 39.9 Å². The van der Waals surface area contributed by atoms with Gasteiger partial charge in [-0.25, -0.2) is 15.0 Å². The van der Waals surface area contributed by atoms with Crippen LogP contribution in [0.15, 0.2) is 10.4 Å². The Morgan fingerprint density at radius 2 is 2.09 bits per heavy atom. The molecule has 0 spiro atoms. The largest absolute Gasteiger partial charge is 0.343 e. The molecule has 0 aromatic carbocycles. The Balaban J connectivity index is 1.83. The SMILES string of the molecule is CSc1nc(C2CC2)nc(C)c1C(=O)N[C@@H](C)c1nc(C)cs1. The van der Waals surface area contributed by atoms with Gasteiger partial charge in [0.15, 0.2) is 0 Å². The lowest BCUT2D eigenvalue weighted by Gasteiger charge is -2.15. The van der Waals surface area contributed by atoms with Crippen molar-refractivity contribution in [3.05, 3.63) is 33.2 Å². The predicted octanol–water partition coefficient (Wildman–Crippen LogP) is 3.64. The van der Waals surface area contributed by atoms with Gasteiger partial charge in [0.1, 0.15) is 15.9 Å². The Morgan fingerprint density at radius 1 is 1.35 bits per heavy atom. The van der Waals surface area contributed by atoms with Crippen molar-refractivity contribution >= 4 is 29.0 Å². The van der Waals surface area contributed by atoms with Crippen LogP contribution in [0.3, 0.4) is 0 Å². The van der Waals surface area contributed by atoms with Gasteiger partial charge in [0.05, 0.1) is 17.3 Å². The molecule has 0 aliphatic heterocycles. The number of carbonyl (C=O) groups excluding carboxylic acids is 1. The van der Waals surface area contributed by atoms with E-state index in [1.807, 2.05) is 32.4 Å². The molecule has 0 bridgehead atoms. The second-order valence-corrected chi connectivity index (χ2v) is 7.53. The van der Waals surface area contributed by atoms with Crippen molar-refractivity contribution in [1.82, 2.24) is 20.3 Å². The summed E-state index contributed by atoms with van der Waals surface area (Å²) in [5, 5.41) is 6.69. The molecule has 3 rings (SSSR count). The van der Waals surface area contributed by atoms with E-state index >= 15 is 0 Å². The maximum Gasteiger partial charge on any atom is 0.256 e. The minimum absolute atomic E-state index is 0.126. The third-order valence-electron chi connectivity index (χ3n) is 3.79. The summed E-state index contributed by atoms with van der Waals surface area (Å²) in [5.41, 5.74) is 2.32. The molecule has 0 radical (unpaired) electrons. The van der Waals surface area contributed by atoms with Crippen LogP contribution in [-0.2, 0) is 0 Å². The van der Waals surface area contributed by atoms with Gasteiger partial charge in [-0.3, -0.25) is 4.79 Å². The minimum Gasteiger partial charge on any atom is -0.343 e. The number of thiazole rings is 1. The van der Waals surface area contributed by atoms with Gasteiger partial charge in [0, 0.05) is 17.0 Å². The maximum atomic E-state index is 12.7. The molecule has 1 N–H and O–H groups in total. The zero-order valence-electron chi connectivity index (χ0n) is 13.7. The van der Waals surface area contributed by atoms with Crippen LogP contribution in [0.1, 0.15) is 64.3 Å². The lowest BCUT2D eigenvalue weighted by atomic mass is 10.2. The highest BCUT2D eigenvalue weighted by molar-refractivity contribution is 7.98. The number of carbonyl (C=O) groups is 1. The average Bonchev–Trinajstić information content (AvgIpc) is 3.27. The third kappa shape index (κ3) is 3.55. The van der Waals surface area contributed by atoms with E-state index in [9.17, 15) is 4.79 Å². The maximum absolute atomic E-state index is 12.7. The first kappa shape index (κ1) is 16.4. The standard InChI is InChI=1S/C16H20N4OS2/c1-8-7-23-15(17-8)10(3)19-14(21)12-9(2)18-13(11-5-6-11)20-16(12)22-4/h7,10-11H,5-6H2,1-4H3,(H,19,21)/t10-/m0/s1. The van der Waals surface area contributed by atoms with Crippen LogP contribution in [0, 0.1) is 13.8 Å². The van der Waals surface area contributed by atoms with Crippen molar-refractivity contribution in [3.63, 3.8) is 0 Å². The summed E-state index contributed by atoms with van der Waals surface area (Å²) in [6, 6.07) is -0.126. The van der Waals surface area contributed by atoms with Crippen molar-refractivity contribution in [3.8, 4) is 0 Å². The summed E-state index contributed by atoms with van der Waals surface area (Å²) in [4.78, 5) is 26.3. The van der Waals surface area contributed by atoms with Gasteiger partial charge in [0.2, 0.25) is 0 Å². The molecule has 1 fully saturated rings. The molecule has 1 amide bonds. The third-order valence-corrected chi connectivity index (χ3v) is 5.62. The summed E-state index contributed by atoms with van der Waals surface area (Å²) >= 11 is 3.06. The van der Waals surface area contributed by atoms with E-state index in [0.29, 0.717) is 11.5 Å². The molecule has 2 aromatic heterocycles. The van der Waals surface area contributed by atoms with Crippen LogP contribution in [0.25, 0.3) is 0 Å². The first-order chi connectivity index (χ1) is 11.0. The van der Waals surface area contributed by atoms with E-state index < -0.39 is 0 Å². The first-order valence-corrected chi connectivity index (χ1v) is 9.75. The molecule has 23 heavy (non-hydrogen) atoms. The molecule has 1 atom stereocenters. The quantitative estimate of drug-likeness (QED) is 0.660. The fourth-order valence-corrected chi connectivity index (χ4v) is 3.84. The van der Waals surface area contributed by atoms with Crippen molar-refractivity contribution in [2.24, 2.45) is 0 Å². The summed E-state index contributed by atoms with van der Waals surface area (Å²) in [6.45, 7) is 5.79. The molecule has 2 aromatic rings. The minimum atomic E-state index is -0.130. The van der Waals surface area contributed by atoms with Crippen LogP contribution in [0.5, 0.6) is 0 Å². The normalized spacial score (nSPS) is 15.5. The van der Waals surface area contributed by atoms with Crippen LogP contribution in [-0.4, -0.2) is 27.1 Å². The Kier molecular flexibility index (Phi) is 4.68. The molecule has 1 aliphatic rings. The second kappa shape index (κ2) is 6.57. The fraction of sp³-hybridized carbons (Fsp3) is 0.500. The number of thioether (sulfide) groups is 1. The number of nitrogens with one attached hydrogen (secondary N) is 1. The molecule has 0 saturated heterocycles. The van der Waals surface area contributed by atoms with Gasteiger partial charge in [0.25, 0.3) is 5.91 Å². The zero-order valence-corrected chi connectivity index (χ0v) is 15.3. The lowest BCUT2D eigenvalue weighted by molar-refractivity contribution is 0.0934. The van der Waals surface area contributed by atoms with Crippen molar-refractivity contribution in [2.75, 3.05) is 6.26 Å². The Bertz CT molecular complexity index is 740. The topological polar surface area (TPSA) is 67.8 Å². The number of hydrogen-bond donors (Lipinski definition) is 1. The Hall–Kier alpha value is -1.47. The Morgan fingerprint density at radius 3 is 2.65 bits per heavy atom. The molecular formula is C16H20N4OS2. The van der Waals surface area contributed by atoms with Crippen molar-refractivity contribution < 1.29 is 4.79 Å². The smallest absolute Gasteiger partial charge is 0.256 e. The van der Waals surface area contributed by atoms with Gasteiger partial charge in [-0.15, -0.1) is 23.1 Å². The highest BCUT2D eigenvalue weighted by Gasteiger charge is 2.29. The summed E-state index contributed by atoms with van der Waals surface area (Å²) in [5.74, 6) is 1.23. The first-order valence-electron chi connectivity index (χ1n) is 7.65. The zero-order chi connectivity index (χ0) is 16.6. The van der Waals surface area contributed by atoms with E-state index in [1.165, 1.54) is 11.8 Å². The molecule has 7 heteroatoms. The number of nitrogens with zero attached hydrogens (tertiary/aromatic N) is 3. The molecule has 122 valence electrons. The monoisotopic (exact) mass is 348 g/mol. The fourth-order valence-electron chi connectivity index (χ4n) is 2.40. The number of aromatic nitrogens is 3. The van der Waals surface area contributed by atoms with Crippen molar-refractivity contribution in [2.45, 2.75) is 50.6 Å². The van der Waals surface area contributed by atoms with E-state index in [2.05, 4.69) is 20.3 Å². The number of amides is 1. The van der Waals surface area contributed by atoms with Crippen LogP contribution in [0.2, 0.25) is 0 Å². The molecule has 0 unspecified atom stereocenters. The van der Waals surface area contributed by atoms with E-state index in [-0.39, 0.29) is 11.9 Å². The van der Waals surface area contributed by atoms with Gasteiger partial charge < -0.3 is 5.32 Å². The lowest BCUT2D eigenvalue weighted by Crippen LogP contribution is -2.28. The van der Waals surface area contributed by atoms with Crippen molar-refractivity contribution in [1.29, 1.82) is 0 Å². The number of rotatable bonds is 5. The molecule has 5 nitrogen and oxygen atoms in total. The van der Waals surface area contributed by atoms with Crippen LogP contribution < -0.4 is 5.32 Å². The number of hydrogen-bond acceptors (Lipinski definition) is 6. The average molecular weight is 348 g/mol. The molecule has 2 heterocycles. The van der Waals surface area contributed by atoms with Gasteiger partial charge >= 0.3 is 0 Å². The van der Waals surface area contributed by atoms with Crippen LogP contribution >= 0.6 is 23.1 Å². The summed E-state index contributed by atoms with van der Waals surface area (Å²) in [6.07, 6.45) is 4.25. The molecule has 1 saturated carbocycles. The summed E-state index contributed by atoms with van der Waals surface area (Å²) < 4.78 is 0. The van der Waals surface area contributed by atoms with Gasteiger partial charge in [-0.2, -0.15) is 0 Å². The second-order valence-electron chi connectivity index (χ2n) is 5.85. The van der Waals surface area contributed by atoms with E-state index in [0.717, 1.165) is 40.1 Å². The highest BCUT2D eigenvalue weighted by atomic mass is 32.2.